The minimum atomic E-state index is -1.24. The van der Waals surface area contributed by atoms with Crippen LogP contribution >= 0.6 is 0 Å². The summed E-state index contributed by atoms with van der Waals surface area (Å²) >= 11 is 0. The maximum Gasteiger partial charge on any atom is 0.120 e. The van der Waals surface area contributed by atoms with E-state index in [0.717, 1.165) is 50.9 Å². The van der Waals surface area contributed by atoms with Crippen molar-refractivity contribution in [2.24, 2.45) is 0 Å². The molecule has 4 aromatic carbocycles. The van der Waals surface area contributed by atoms with E-state index in [1.807, 2.05) is 42.6 Å². The van der Waals surface area contributed by atoms with Crippen molar-refractivity contribution >= 4 is 35.2 Å². The zero-order chi connectivity index (χ0) is 29.8. The number of aryl methyl sites for hydroxylation is 1. The van der Waals surface area contributed by atoms with E-state index >= 15 is 0 Å². The van der Waals surface area contributed by atoms with E-state index < -0.39 is 8.07 Å². The van der Waals surface area contributed by atoms with Crippen molar-refractivity contribution in [3.05, 3.63) is 150 Å². The second-order valence-electron chi connectivity index (χ2n) is 11.9. The zero-order valence-corrected chi connectivity index (χ0v) is 28.8. The number of furan rings is 1. The van der Waals surface area contributed by atoms with Gasteiger partial charge in [-0.25, -0.2) is 0 Å². The summed E-state index contributed by atoms with van der Waals surface area (Å²) in [5, 5.41) is 3.64. The van der Waals surface area contributed by atoms with Crippen molar-refractivity contribution in [3.8, 4) is 22.5 Å². The molecule has 0 amide bonds. The third-order valence-electron chi connectivity index (χ3n) is 7.54. The fourth-order valence-corrected chi connectivity index (χ4v) is 6.13. The maximum absolute atomic E-state index is 6.17. The smallest absolute Gasteiger partial charge is 0.120 e. The number of pyridine rings is 2. The van der Waals surface area contributed by atoms with Gasteiger partial charge < -0.3 is 14.4 Å². The second-order valence-corrected chi connectivity index (χ2v) is 16.9. The molecule has 3 nitrogen and oxygen atoms in total. The first kappa shape index (κ1) is 31.3. The van der Waals surface area contributed by atoms with Gasteiger partial charge in [0, 0.05) is 37.9 Å². The summed E-state index contributed by atoms with van der Waals surface area (Å²) in [5.74, 6) is 0. The number of fused-ring (bicyclic) bond motifs is 3. The Morgan fingerprint density at radius 3 is 2.23 bits per heavy atom. The molecule has 221 valence electrons. The Hall–Kier alpha value is -4.15. The van der Waals surface area contributed by atoms with E-state index in [9.17, 15) is 0 Å². The molecular formula is C39H34IrN2OSi-2. The Labute approximate surface area is 274 Å². The number of rotatable bonds is 5. The molecule has 0 N–H and O–H groups in total. The van der Waals surface area contributed by atoms with Gasteiger partial charge in [0.25, 0.3) is 0 Å². The van der Waals surface area contributed by atoms with Gasteiger partial charge in [-0.2, -0.15) is 0 Å². The number of benzene rings is 4. The Morgan fingerprint density at radius 1 is 0.727 bits per heavy atom. The molecule has 0 atom stereocenters. The van der Waals surface area contributed by atoms with Crippen LogP contribution in [-0.2, 0) is 26.5 Å². The first-order valence-electron chi connectivity index (χ1n) is 14.6. The summed E-state index contributed by atoms with van der Waals surface area (Å²) in [7, 11) is -1.24. The first-order chi connectivity index (χ1) is 20.8. The Balaban J connectivity index is 0.000000187. The van der Waals surface area contributed by atoms with E-state index in [2.05, 4.69) is 121 Å². The van der Waals surface area contributed by atoms with Crippen LogP contribution in [0.15, 0.2) is 126 Å². The Kier molecular flexibility index (Phi) is 9.70. The van der Waals surface area contributed by atoms with Crippen LogP contribution in [0.1, 0.15) is 16.7 Å². The van der Waals surface area contributed by atoms with Crippen molar-refractivity contribution in [1.29, 1.82) is 0 Å². The molecule has 0 spiro atoms. The molecule has 7 rings (SSSR count). The van der Waals surface area contributed by atoms with Gasteiger partial charge >= 0.3 is 0 Å². The molecule has 1 radical (unpaired) electrons. The molecule has 0 aliphatic rings. The molecule has 5 heteroatoms. The van der Waals surface area contributed by atoms with E-state index in [1.165, 1.54) is 21.9 Å². The molecule has 0 bridgehead atoms. The zero-order valence-electron chi connectivity index (χ0n) is 25.4. The summed E-state index contributed by atoms with van der Waals surface area (Å²) in [6, 6.07) is 43.9. The molecule has 44 heavy (non-hydrogen) atoms. The number of aromatic nitrogens is 2. The number of hydrogen-bond donors (Lipinski definition) is 0. The topological polar surface area (TPSA) is 38.9 Å². The molecule has 3 heterocycles. The standard InChI is InChI=1S/C24H16NO.C15H18NSi.Ir/c1-2-7-17(8-3-1)15-18-12-13-23-21(16-18)19-9-6-10-20(24(19)26-23)22-11-4-5-14-25-22;1-12-5-7-13(8-6-12)15-10-9-14(11-16-15)17(2,3)4;/h1-9,11-14,16H,15H2;5-7,9-11H,1-4H3;/q2*-1;. The van der Waals surface area contributed by atoms with Crippen molar-refractivity contribution in [2.75, 3.05) is 0 Å². The minimum Gasteiger partial charge on any atom is -0.501 e. The molecule has 7 aromatic rings. The van der Waals surface area contributed by atoms with Crippen molar-refractivity contribution in [2.45, 2.75) is 33.0 Å². The van der Waals surface area contributed by atoms with Gasteiger partial charge in [-0.15, -0.1) is 53.6 Å². The second kappa shape index (κ2) is 13.6. The molecule has 0 saturated heterocycles. The quantitative estimate of drug-likeness (QED) is 0.130. The molecule has 0 aliphatic heterocycles. The van der Waals surface area contributed by atoms with E-state index in [4.69, 9.17) is 4.42 Å². The van der Waals surface area contributed by atoms with Crippen LogP contribution in [0.3, 0.4) is 0 Å². The predicted molar refractivity (Wildman–Crippen MR) is 181 cm³/mol. The fourth-order valence-electron chi connectivity index (χ4n) is 5.09. The molecule has 0 aliphatic carbocycles. The molecular weight excluding hydrogens is 733 g/mol. The van der Waals surface area contributed by atoms with Crippen molar-refractivity contribution < 1.29 is 24.5 Å². The van der Waals surface area contributed by atoms with Crippen LogP contribution in [-0.4, -0.2) is 18.0 Å². The predicted octanol–water partition coefficient (Wildman–Crippen LogP) is 9.44. The molecule has 3 aromatic heterocycles. The monoisotopic (exact) mass is 767 g/mol. The summed E-state index contributed by atoms with van der Waals surface area (Å²) < 4.78 is 6.17. The average Bonchev–Trinajstić information content (AvgIpc) is 3.41. The largest absolute Gasteiger partial charge is 0.501 e. The van der Waals surface area contributed by atoms with Crippen LogP contribution in [0.5, 0.6) is 0 Å². The maximum atomic E-state index is 6.17. The van der Waals surface area contributed by atoms with Crippen LogP contribution < -0.4 is 5.19 Å². The van der Waals surface area contributed by atoms with Crippen LogP contribution in [0.2, 0.25) is 19.6 Å². The van der Waals surface area contributed by atoms with E-state index in [1.54, 1.807) is 6.20 Å². The first-order valence-corrected chi connectivity index (χ1v) is 18.1. The Bertz CT molecular complexity index is 1960. The molecule has 0 unspecified atom stereocenters. The van der Waals surface area contributed by atoms with Gasteiger partial charge in [-0.05, 0) is 52.3 Å². The minimum absolute atomic E-state index is 0. The summed E-state index contributed by atoms with van der Waals surface area (Å²) in [4.78, 5) is 9.00. The van der Waals surface area contributed by atoms with Crippen molar-refractivity contribution in [3.63, 3.8) is 0 Å². The van der Waals surface area contributed by atoms with Crippen LogP contribution in [0.25, 0.3) is 44.5 Å². The Morgan fingerprint density at radius 2 is 1.55 bits per heavy atom. The summed E-state index contributed by atoms with van der Waals surface area (Å²) in [6.45, 7) is 9.08. The van der Waals surface area contributed by atoms with Crippen LogP contribution in [0, 0.1) is 19.1 Å². The summed E-state index contributed by atoms with van der Waals surface area (Å²) in [6.07, 6.45) is 4.73. The third kappa shape index (κ3) is 7.14. The number of nitrogens with zero attached hydrogens (tertiary/aromatic N) is 2. The number of hydrogen-bond acceptors (Lipinski definition) is 3. The van der Waals surface area contributed by atoms with Gasteiger partial charge in [0.05, 0.1) is 13.7 Å². The molecule has 0 saturated carbocycles. The van der Waals surface area contributed by atoms with Gasteiger partial charge in [0.1, 0.15) is 5.58 Å². The van der Waals surface area contributed by atoms with E-state index in [0.29, 0.717) is 0 Å². The molecule has 0 fully saturated rings. The van der Waals surface area contributed by atoms with Gasteiger partial charge in [0.15, 0.2) is 0 Å². The van der Waals surface area contributed by atoms with Crippen LogP contribution in [0.4, 0.5) is 0 Å². The van der Waals surface area contributed by atoms with E-state index in [-0.39, 0.29) is 20.1 Å². The third-order valence-corrected chi connectivity index (χ3v) is 9.57. The van der Waals surface area contributed by atoms with Crippen molar-refractivity contribution in [1.82, 2.24) is 9.97 Å². The van der Waals surface area contributed by atoms with Gasteiger partial charge in [-0.3, -0.25) is 0 Å². The normalized spacial score (nSPS) is 11.1. The SMILES string of the molecule is Cc1c[c-]c(-c2ccc([Si](C)(C)C)cn2)cc1.[Ir].[c-]1ccc2c(oc3ccc(Cc4ccccc4)cc32)c1-c1ccccn1. The average molecular weight is 767 g/mol. The van der Waals surface area contributed by atoms with Gasteiger partial charge in [0.2, 0.25) is 0 Å². The summed E-state index contributed by atoms with van der Waals surface area (Å²) in [5.41, 5.74) is 9.41. The fraction of sp³-hybridized carbons (Fsp3) is 0.128. The van der Waals surface area contributed by atoms with Gasteiger partial charge in [-0.1, -0.05) is 98.2 Å².